The molecule has 2 aromatic heterocycles. The fraction of sp³-hybridized carbons (Fsp3) is 0.300. The molecule has 2 rings (SSSR count). The third kappa shape index (κ3) is 2.48. The van der Waals surface area contributed by atoms with E-state index in [1.54, 1.807) is 11.3 Å². The van der Waals surface area contributed by atoms with E-state index in [4.69, 9.17) is 0 Å². The molecule has 0 saturated heterocycles. The lowest BCUT2D eigenvalue weighted by Gasteiger charge is -1.99. The van der Waals surface area contributed by atoms with E-state index < -0.39 is 0 Å². The van der Waals surface area contributed by atoms with Crippen molar-refractivity contribution in [1.29, 1.82) is 0 Å². The molecule has 0 fully saturated rings. The van der Waals surface area contributed by atoms with Crippen LogP contribution in [-0.2, 0) is 6.42 Å². The first-order valence-electron chi connectivity index (χ1n) is 4.72. The first-order chi connectivity index (χ1) is 7.31. The molecule has 0 spiro atoms. The van der Waals surface area contributed by atoms with Crippen molar-refractivity contribution in [2.24, 2.45) is 0 Å². The van der Waals surface area contributed by atoms with Crippen LogP contribution in [0.25, 0.3) is 10.4 Å². The van der Waals surface area contributed by atoms with Crippen LogP contribution in [-0.4, -0.2) is 23.8 Å². The molecule has 0 radical (unpaired) electrons. The highest BCUT2D eigenvalue weighted by molar-refractivity contribution is 9.10. The number of aromatic nitrogens is 2. The van der Waals surface area contributed by atoms with Gasteiger partial charge in [-0.3, -0.25) is 5.10 Å². The Morgan fingerprint density at radius 3 is 3.13 bits per heavy atom. The van der Waals surface area contributed by atoms with E-state index in [1.165, 1.54) is 16.1 Å². The van der Waals surface area contributed by atoms with Crippen molar-refractivity contribution in [3.63, 3.8) is 0 Å². The van der Waals surface area contributed by atoms with E-state index in [2.05, 4.69) is 42.9 Å². The zero-order valence-corrected chi connectivity index (χ0v) is 10.8. The second-order valence-corrected chi connectivity index (χ2v) is 5.07. The lowest BCUT2D eigenvalue weighted by atomic mass is 10.1. The summed E-state index contributed by atoms with van der Waals surface area (Å²) in [4.78, 5) is 1.25. The van der Waals surface area contributed by atoms with Crippen LogP contribution in [0.1, 0.15) is 5.69 Å². The number of halogens is 1. The number of hydrogen-bond donors (Lipinski definition) is 2. The predicted octanol–water partition coefficient (Wildman–Crippen LogP) is 2.66. The van der Waals surface area contributed by atoms with Crippen LogP contribution < -0.4 is 5.32 Å². The molecule has 0 aliphatic carbocycles. The molecule has 0 amide bonds. The molecule has 0 saturated carbocycles. The number of nitrogens with zero attached hydrogens (tertiary/aromatic N) is 1. The zero-order valence-electron chi connectivity index (χ0n) is 8.38. The van der Waals surface area contributed by atoms with Gasteiger partial charge in [0, 0.05) is 39.0 Å². The summed E-state index contributed by atoms with van der Waals surface area (Å²) in [5, 5.41) is 12.4. The molecule has 0 atom stereocenters. The molecule has 15 heavy (non-hydrogen) atoms. The Morgan fingerprint density at radius 1 is 1.60 bits per heavy atom. The summed E-state index contributed by atoms with van der Waals surface area (Å²) < 4.78 is 1.13. The second-order valence-electron chi connectivity index (χ2n) is 3.24. The minimum absolute atomic E-state index is 0.960. The molecular weight excluding hydrogens is 274 g/mol. The molecule has 0 aliphatic heterocycles. The van der Waals surface area contributed by atoms with E-state index in [1.807, 2.05) is 13.2 Å². The highest BCUT2D eigenvalue weighted by atomic mass is 79.9. The van der Waals surface area contributed by atoms with Gasteiger partial charge in [0.25, 0.3) is 0 Å². The van der Waals surface area contributed by atoms with Crippen molar-refractivity contribution >= 4 is 27.3 Å². The summed E-state index contributed by atoms with van der Waals surface area (Å²) in [6.07, 6.45) is 2.87. The summed E-state index contributed by atoms with van der Waals surface area (Å²) in [6, 6.07) is 2.12. The van der Waals surface area contributed by atoms with Crippen LogP contribution >= 0.6 is 27.3 Å². The lowest BCUT2D eigenvalue weighted by molar-refractivity contribution is 0.773. The van der Waals surface area contributed by atoms with E-state index >= 15 is 0 Å². The van der Waals surface area contributed by atoms with Crippen molar-refractivity contribution in [1.82, 2.24) is 15.5 Å². The molecule has 0 aromatic carbocycles. The zero-order chi connectivity index (χ0) is 10.7. The summed E-state index contributed by atoms with van der Waals surface area (Å²) in [6.45, 7) is 0.960. The van der Waals surface area contributed by atoms with E-state index in [9.17, 15) is 0 Å². The second kappa shape index (κ2) is 4.92. The fourth-order valence-corrected chi connectivity index (χ4v) is 2.89. The van der Waals surface area contributed by atoms with Crippen molar-refractivity contribution < 1.29 is 0 Å². The minimum Gasteiger partial charge on any atom is -0.319 e. The molecule has 2 heterocycles. The van der Waals surface area contributed by atoms with Gasteiger partial charge in [0.2, 0.25) is 0 Å². The third-order valence-corrected chi connectivity index (χ3v) is 3.90. The van der Waals surface area contributed by atoms with Gasteiger partial charge < -0.3 is 5.32 Å². The van der Waals surface area contributed by atoms with Gasteiger partial charge >= 0.3 is 0 Å². The number of aromatic amines is 1. The lowest BCUT2D eigenvalue weighted by Crippen LogP contribution is -2.10. The summed E-state index contributed by atoms with van der Waals surface area (Å²) in [5.74, 6) is 0. The van der Waals surface area contributed by atoms with Crippen LogP contribution in [0.3, 0.4) is 0 Å². The smallest absolute Gasteiger partial charge is 0.0576 e. The Morgan fingerprint density at radius 2 is 2.47 bits per heavy atom. The standard InChI is InChI=1S/C10H12BrN3S/c1-12-3-2-9-8(5-13-14-9)10-4-7(11)6-15-10/h4-6,12H,2-3H2,1H3,(H,13,14). The number of hydrogen-bond acceptors (Lipinski definition) is 3. The molecule has 0 bridgehead atoms. The number of likely N-dealkylation sites (N-methyl/N-ethyl adjacent to an activating group) is 1. The SMILES string of the molecule is CNCCc1[nH]ncc1-c1cc(Br)cs1. The molecule has 2 N–H and O–H groups in total. The number of thiophene rings is 1. The van der Waals surface area contributed by atoms with Gasteiger partial charge in [-0.15, -0.1) is 11.3 Å². The van der Waals surface area contributed by atoms with Crippen LogP contribution in [0.5, 0.6) is 0 Å². The maximum atomic E-state index is 4.10. The van der Waals surface area contributed by atoms with Gasteiger partial charge in [0.05, 0.1) is 6.20 Å². The maximum absolute atomic E-state index is 4.10. The Balaban J connectivity index is 2.24. The topological polar surface area (TPSA) is 40.7 Å². The Hall–Kier alpha value is -0.650. The molecule has 0 aliphatic rings. The minimum atomic E-state index is 0.960. The van der Waals surface area contributed by atoms with Gasteiger partial charge in [-0.05, 0) is 29.0 Å². The van der Waals surface area contributed by atoms with E-state index in [-0.39, 0.29) is 0 Å². The van der Waals surface area contributed by atoms with Gasteiger partial charge in [0.1, 0.15) is 0 Å². The fourth-order valence-electron chi connectivity index (χ4n) is 1.42. The normalized spacial score (nSPS) is 10.8. The summed E-state index contributed by atoms with van der Waals surface area (Å²) in [5.41, 5.74) is 2.40. The van der Waals surface area contributed by atoms with Gasteiger partial charge in [-0.1, -0.05) is 0 Å². The number of nitrogens with one attached hydrogen (secondary N) is 2. The Labute approximate surface area is 101 Å². The molecular formula is C10H12BrN3S. The van der Waals surface area contributed by atoms with E-state index in [0.29, 0.717) is 0 Å². The van der Waals surface area contributed by atoms with Crippen LogP contribution in [0.2, 0.25) is 0 Å². The first-order valence-corrected chi connectivity index (χ1v) is 6.40. The van der Waals surface area contributed by atoms with Gasteiger partial charge in [-0.2, -0.15) is 5.10 Å². The molecule has 80 valence electrons. The first kappa shape index (κ1) is 10.9. The number of rotatable bonds is 4. The van der Waals surface area contributed by atoms with Crippen molar-refractivity contribution in [3.05, 3.63) is 27.8 Å². The average Bonchev–Trinajstić information content (AvgIpc) is 2.82. The average molecular weight is 286 g/mol. The molecule has 5 heteroatoms. The molecule has 0 unspecified atom stereocenters. The third-order valence-electron chi connectivity index (χ3n) is 2.18. The highest BCUT2D eigenvalue weighted by Crippen LogP contribution is 2.31. The van der Waals surface area contributed by atoms with Gasteiger partial charge in [-0.25, -0.2) is 0 Å². The quantitative estimate of drug-likeness (QED) is 0.907. The maximum Gasteiger partial charge on any atom is 0.0576 e. The predicted molar refractivity (Wildman–Crippen MR) is 67.2 cm³/mol. The van der Waals surface area contributed by atoms with Crippen molar-refractivity contribution in [2.45, 2.75) is 6.42 Å². The van der Waals surface area contributed by atoms with Crippen molar-refractivity contribution in [3.8, 4) is 10.4 Å². The highest BCUT2D eigenvalue weighted by Gasteiger charge is 2.08. The summed E-state index contributed by atoms with van der Waals surface area (Å²) in [7, 11) is 1.96. The molecule has 2 aromatic rings. The Bertz CT molecular complexity index is 435. The summed E-state index contributed by atoms with van der Waals surface area (Å²) >= 11 is 5.19. The van der Waals surface area contributed by atoms with Crippen LogP contribution in [0.4, 0.5) is 0 Å². The number of H-pyrrole nitrogens is 1. The molecule has 3 nitrogen and oxygen atoms in total. The largest absolute Gasteiger partial charge is 0.319 e. The van der Waals surface area contributed by atoms with Crippen LogP contribution in [0, 0.1) is 0 Å². The van der Waals surface area contributed by atoms with Gasteiger partial charge in [0.15, 0.2) is 0 Å². The van der Waals surface area contributed by atoms with Crippen molar-refractivity contribution in [2.75, 3.05) is 13.6 Å². The van der Waals surface area contributed by atoms with Crippen LogP contribution in [0.15, 0.2) is 22.1 Å². The Kier molecular flexibility index (Phi) is 3.56. The monoisotopic (exact) mass is 285 g/mol. The van der Waals surface area contributed by atoms with E-state index in [0.717, 1.165) is 17.4 Å².